The zero-order valence-corrected chi connectivity index (χ0v) is 9.71. The third-order valence-corrected chi connectivity index (χ3v) is 2.73. The first-order valence-electron chi connectivity index (χ1n) is 5.62. The van der Waals surface area contributed by atoms with E-state index in [9.17, 15) is 5.11 Å². The van der Waals surface area contributed by atoms with Gasteiger partial charge in [-0.25, -0.2) is 0 Å². The van der Waals surface area contributed by atoms with Crippen molar-refractivity contribution in [2.24, 2.45) is 0 Å². The van der Waals surface area contributed by atoms with Crippen LogP contribution < -0.4 is 5.32 Å². The number of likely N-dealkylation sites (N-methyl/N-ethyl adjacent to an activating group) is 1. The maximum Gasteiger partial charge on any atom is 0.0603 e. The van der Waals surface area contributed by atoms with Gasteiger partial charge in [0.2, 0.25) is 0 Å². The van der Waals surface area contributed by atoms with Gasteiger partial charge in [0.1, 0.15) is 0 Å². The highest BCUT2D eigenvalue weighted by atomic mass is 16.3. The summed E-state index contributed by atoms with van der Waals surface area (Å²) in [7, 11) is 2.19. The van der Waals surface area contributed by atoms with Crippen molar-refractivity contribution in [1.82, 2.24) is 10.2 Å². The van der Waals surface area contributed by atoms with Crippen molar-refractivity contribution < 1.29 is 5.11 Å². The van der Waals surface area contributed by atoms with Gasteiger partial charge in [-0.1, -0.05) is 0 Å². The Morgan fingerprint density at radius 3 is 2.50 bits per heavy atom. The Kier molecular flexibility index (Phi) is 4.35. The molecule has 1 aliphatic carbocycles. The molecule has 0 spiro atoms. The van der Waals surface area contributed by atoms with Gasteiger partial charge in [-0.2, -0.15) is 0 Å². The van der Waals surface area contributed by atoms with Crippen molar-refractivity contribution in [2.45, 2.75) is 44.8 Å². The summed E-state index contributed by atoms with van der Waals surface area (Å²) >= 11 is 0. The Balaban J connectivity index is 1.88. The smallest absolute Gasteiger partial charge is 0.0603 e. The van der Waals surface area contributed by atoms with Gasteiger partial charge in [-0.15, -0.1) is 0 Å². The van der Waals surface area contributed by atoms with E-state index in [1.165, 1.54) is 12.8 Å². The number of nitrogens with zero attached hydrogens (tertiary/aromatic N) is 1. The fraction of sp³-hybridized carbons (Fsp3) is 1.00. The highest BCUT2D eigenvalue weighted by Gasteiger charge is 2.25. The van der Waals surface area contributed by atoms with Crippen LogP contribution in [0.2, 0.25) is 0 Å². The fourth-order valence-electron chi connectivity index (χ4n) is 1.47. The Morgan fingerprint density at radius 2 is 2.00 bits per heavy atom. The first-order valence-corrected chi connectivity index (χ1v) is 5.62. The average molecular weight is 200 g/mol. The predicted molar refractivity (Wildman–Crippen MR) is 59.4 cm³/mol. The van der Waals surface area contributed by atoms with Crippen molar-refractivity contribution >= 4 is 0 Å². The molecule has 0 heterocycles. The quantitative estimate of drug-likeness (QED) is 0.598. The molecule has 84 valence electrons. The van der Waals surface area contributed by atoms with Crippen molar-refractivity contribution in [3.63, 3.8) is 0 Å². The molecular weight excluding hydrogens is 176 g/mol. The van der Waals surface area contributed by atoms with Crippen LogP contribution >= 0.6 is 0 Å². The lowest BCUT2D eigenvalue weighted by Gasteiger charge is -2.19. The Hall–Kier alpha value is -0.120. The van der Waals surface area contributed by atoms with Crippen LogP contribution in [0.5, 0.6) is 0 Å². The second-order valence-electron chi connectivity index (χ2n) is 5.02. The zero-order chi connectivity index (χ0) is 10.6. The topological polar surface area (TPSA) is 35.5 Å². The molecular formula is C11H24N2O. The lowest BCUT2D eigenvalue weighted by Crippen LogP contribution is -2.33. The molecule has 0 aromatic rings. The van der Waals surface area contributed by atoms with Gasteiger partial charge in [-0.05, 0) is 46.7 Å². The predicted octanol–water partition coefficient (Wildman–Crippen LogP) is 0.831. The molecule has 3 heteroatoms. The van der Waals surface area contributed by atoms with E-state index in [2.05, 4.69) is 17.3 Å². The normalized spacial score (nSPS) is 17.8. The maximum absolute atomic E-state index is 9.47. The molecule has 1 rings (SSSR count). The number of aliphatic hydroxyl groups is 1. The lowest BCUT2D eigenvalue weighted by atomic mass is 10.1. The molecule has 0 unspecified atom stereocenters. The minimum atomic E-state index is -0.532. The minimum Gasteiger partial charge on any atom is -0.390 e. The van der Waals surface area contributed by atoms with Gasteiger partial charge >= 0.3 is 0 Å². The number of hydrogen-bond acceptors (Lipinski definition) is 3. The third kappa shape index (κ3) is 5.58. The molecule has 1 aliphatic rings. The SMILES string of the molecule is CN(CCNCCC(C)(C)O)C1CC1. The molecule has 0 atom stereocenters. The largest absolute Gasteiger partial charge is 0.390 e. The molecule has 0 saturated heterocycles. The summed E-state index contributed by atoms with van der Waals surface area (Å²) < 4.78 is 0. The highest BCUT2D eigenvalue weighted by Crippen LogP contribution is 2.24. The van der Waals surface area contributed by atoms with E-state index in [1.807, 2.05) is 13.8 Å². The van der Waals surface area contributed by atoms with Crippen LogP contribution in [0.4, 0.5) is 0 Å². The molecule has 0 amide bonds. The zero-order valence-electron chi connectivity index (χ0n) is 9.71. The Bertz CT molecular complexity index is 161. The fourth-order valence-corrected chi connectivity index (χ4v) is 1.47. The molecule has 14 heavy (non-hydrogen) atoms. The summed E-state index contributed by atoms with van der Waals surface area (Å²) in [6.07, 6.45) is 3.57. The van der Waals surface area contributed by atoms with E-state index in [0.717, 1.165) is 32.1 Å². The maximum atomic E-state index is 9.47. The van der Waals surface area contributed by atoms with Crippen LogP contribution in [-0.2, 0) is 0 Å². The molecule has 0 radical (unpaired) electrons. The molecule has 0 bridgehead atoms. The van der Waals surface area contributed by atoms with Gasteiger partial charge in [0.15, 0.2) is 0 Å². The Morgan fingerprint density at radius 1 is 1.36 bits per heavy atom. The number of rotatable bonds is 7. The number of hydrogen-bond donors (Lipinski definition) is 2. The summed E-state index contributed by atoms with van der Waals surface area (Å²) in [5.41, 5.74) is -0.532. The Labute approximate surface area is 87.5 Å². The van der Waals surface area contributed by atoms with Crippen LogP contribution in [0, 0.1) is 0 Å². The van der Waals surface area contributed by atoms with Crippen LogP contribution in [-0.4, -0.2) is 48.3 Å². The standard InChI is InChI=1S/C11H24N2O/c1-11(2,14)6-7-12-8-9-13(3)10-4-5-10/h10,12,14H,4-9H2,1-3H3. The molecule has 0 aromatic heterocycles. The van der Waals surface area contributed by atoms with E-state index in [0.29, 0.717) is 0 Å². The first kappa shape index (κ1) is 12.0. The summed E-state index contributed by atoms with van der Waals surface area (Å²) in [6.45, 7) is 6.76. The van der Waals surface area contributed by atoms with Crippen LogP contribution in [0.3, 0.4) is 0 Å². The van der Waals surface area contributed by atoms with E-state index in [-0.39, 0.29) is 0 Å². The van der Waals surface area contributed by atoms with Crippen LogP contribution in [0.25, 0.3) is 0 Å². The summed E-state index contributed by atoms with van der Waals surface area (Å²) in [6, 6.07) is 0.853. The average Bonchev–Trinajstić information content (AvgIpc) is 2.83. The molecule has 2 N–H and O–H groups in total. The van der Waals surface area contributed by atoms with Crippen molar-refractivity contribution in [1.29, 1.82) is 0 Å². The first-order chi connectivity index (χ1) is 6.49. The van der Waals surface area contributed by atoms with Gasteiger partial charge in [0.05, 0.1) is 5.60 Å². The summed E-state index contributed by atoms with van der Waals surface area (Å²) in [5.74, 6) is 0. The van der Waals surface area contributed by atoms with Gasteiger partial charge in [-0.3, -0.25) is 0 Å². The third-order valence-electron chi connectivity index (χ3n) is 2.73. The summed E-state index contributed by atoms with van der Waals surface area (Å²) in [4.78, 5) is 2.41. The number of nitrogens with one attached hydrogen (secondary N) is 1. The lowest BCUT2D eigenvalue weighted by molar-refractivity contribution is 0.0711. The summed E-state index contributed by atoms with van der Waals surface area (Å²) in [5, 5.41) is 12.8. The molecule has 0 aromatic carbocycles. The van der Waals surface area contributed by atoms with Crippen molar-refractivity contribution in [3.05, 3.63) is 0 Å². The molecule has 1 saturated carbocycles. The van der Waals surface area contributed by atoms with E-state index in [1.54, 1.807) is 0 Å². The van der Waals surface area contributed by atoms with Gasteiger partial charge in [0, 0.05) is 19.1 Å². The van der Waals surface area contributed by atoms with Gasteiger partial charge < -0.3 is 15.3 Å². The van der Waals surface area contributed by atoms with Crippen LogP contribution in [0.1, 0.15) is 33.1 Å². The second kappa shape index (κ2) is 5.10. The monoisotopic (exact) mass is 200 g/mol. The highest BCUT2D eigenvalue weighted by molar-refractivity contribution is 4.82. The van der Waals surface area contributed by atoms with Crippen molar-refractivity contribution in [3.8, 4) is 0 Å². The van der Waals surface area contributed by atoms with E-state index < -0.39 is 5.60 Å². The van der Waals surface area contributed by atoms with Crippen LogP contribution in [0.15, 0.2) is 0 Å². The molecule has 3 nitrogen and oxygen atoms in total. The minimum absolute atomic E-state index is 0.532. The van der Waals surface area contributed by atoms with Gasteiger partial charge in [0.25, 0.3) is 0 Å². The van der Waals surface area contributed by atoms with E-state index >= 15 is 0 Å². The molecule has 0 aliphatic heterocycles. The van der Waals surface area contributed by atoms with E-state index in [4.69, 9.17) is 0 Å². The van der Waals surface area contributed by atoms with Crippen molar-refractivity contribution in [2.75, 3.05) is 26.7 Å². The second-order valence-corrected chi connectivity index (χ2v) is 5.02. The molecule has 1 fully saturated rings.